The summed E-state index contributed by atoms with van der Waals surface area (Å²) in [7, 11) is 0. The summed E-state index contributed by atoms with van der Waals surface area (Å²) in [6.07, 6.45) is 1.78. The highest BCUT2D eigenvalue weighted by Crippen LogP contribution is 2.16. The van der Waals surface area contributed by atoms with E-state index in [0.29, 0.717) is 0 Å². The molecule has 1 aromatic heterocycles. The number of anilines is 1. The van der Waals surface area contributed by atoms with Crippen LogP contribution in [0.15, 0.2) is 12.3 Å². The summed E-state index contributed by atoms with van der Waals surface area (Å²) in [5.41, 5.74) is 0.0998. The van der Waals surface area contributed by atoms with Crippen molar-refractivity contribution in [3.63, 3.8) is 0 Å². The fourth-order valence-electron chi connectivity index (χ4n) is 2.14. The van der Waals surface area contributed by atoms with Crippen molar-refractivity contribution in [1.29, 1.82) is 0 Å². The predicted molar refractivity (Wildman–Crippen MR) is 71.7 cm³/mol. The topological polar surface area (TPSA) is 50.3 Å². The SMILES string of the molecule is Cc1nccc(NCC(C)(C)N2CCOCC2)n1. The first-order valence-electron chi connectivity index (χ1n) is 6.44. The van der Waals surface area contributed by atoms with Crippen molar-refractivity contribution in [2.75, 3.05) is 38.2 Å². The Hall–Kier alpha value is -1.20. The van der Waals surface area contributed by atoms with E-state index in [2.05, 4.69) is 34.0 Å². The Morgan fingerprint density at radius 1 is 1.39 bits per heavy atom. The number of hydrogen-bond acceptors (Lipinski definition) is 5. The predicted octanol–water partition coefficient (Wildman–Crippen LogP) is 1.31. The summed E-state index contributed by atoms with van der Waals surface area (Å²) in [6, 6.07) is 1.91. The van der Waals surface area contributed by atoms with Gasteiger partial charge in [0.25, 0.3) is 0 Å². The maximum Gasteiger partial charge on any atom is 0.129 e. The van der Waals surface area contributed by atoms with Crippen molar-refractivity contribution in [2.45, 2.75) is 26.3 Å². The minimum absolute atomic E-state index is 0.0998. The van der Waals surface area contributed by atoms with Gasteiger partial charge in [0.2, 0.25) is 0 Å². The summed E-state index contributed by atoms with van der Waals surface area (Å²) in [6.45, 7) is 10.9. The minimum Gasteiger partial charge on any atom is -0.379 e. The van der Waals surface area contributed by atoms with Crippen molar-refractivity contribution in [3.05, 3.63) is 18.1 Å². The zero-order valence-electron chi connectivity index (χ0n) is 11.4. The standard InChI is InChI=1S/C13H22N4O/c1-11-14-5-4-12(16-11)15-10-13(2,3)17-6-8-18-9-7-17/h4-5H,6-10H2,1-3H3,(H,14,15,16). The first kappa shape index (κ1) is 13.2. The molecule has 0 aliphatic carbocycles. The second-order valence-corrected chi connectivity index (χ2v) is 5.25. The van der Waals surface area contributed by atoms with Gasteiger partial charge >= 0.3 is 0 Å². The van der Waals surface area contributed by atoms with Crippen LogP contribution in [0.4, 0.5) is 5.82 Å². The van der Waals surface area contributed by atoms with E-state index in [1.165, 1.54) is 0 Å². The Balaban J connectivity index is 1.91. The van der Waals surface area contributed by atoms with Crippen molar-refractivity contribution >= 4 is 5.82 Å². The van der Waals surface area contributed by atoms with Gasteiger partial charge < -0.3 is 10.1 Å². The molecule has 5 heteroatoms. The number of hydrogen-bond donors (Lipinski definition) is 1. The van der Waals surface area contributed by atoms with E-state index in [4.69, 9.17) is 4.74 Å². The molecular formula is C13H22N4O. The Bertz CT molecular complexity index is 388. The number of nitrogens with one attached hydrogen (secondary N) is 1. The third kappa shape index (κ3) is 3.40. The van der Waals surface area contributed by atoms with Crippen LogP contribution < -0.4 is 5.32 Å². The average Bonchev–Trinajstić information content (AvgIpc) is 2.38. The van der Waals surface area contributed by atoms with Crippen molar-refractivity contribution in [2.24, 2.45) is 0 Å². The van der Waals surface area contributed by atoms with Gasteiger partial charge in [0, 0.05) is 31.4 Å². The van der Waals surface area contributed by atoms with Gasteiger partial charge in [0.05, 0.1) is 13.2 Å². The fourth-order valence-corrected chi connectivity index (χ4v) is 2.14. The van der Waals surface area contributed by atoms with Crippen LogP contribution >= 0.6 is 0 Å². The zero-order chi connectivity index (χ0) is 13.0. The number of morpholine rings is 1. The van der Waals surface area contributed by atoms with E-state index >= 15 is 0 Å². The molecule has 1 N–H and O–H groups in total. The summed E-state index contributed by atoms with van der Waals surface area (Å²) in [5.74, 6) is 1.69. The second-order valence-electron chi connectivity index (χ2n) is 5.25. The molecule has 5 nitrogen and oxygen atoms in total. The number of ether oxygens (including phenoxy) is 1. The monoisotopic (exact) mass is 250 g/mol. The van der Waals surface area contributed by atoms with Gasteiger partial charge in [-0.15, -0.1) is 0 Å². The number of rotatable bonds is 4. The fraction of sp³-hybridized carbons (Fsp3) is 0.692. The van der Waals surface area contributed by atoms with Crippen LogP contribution in [0.25, 0.3) is 0 Å². The van der Waals surface area contributed by atoms with E-state index in [9.17, 15) is 0 Å². The molecule has 0 radical (unpaired) electrons. The van der Waals surface area contributed by atoms with E-state index in [1.807, 2.05) is 13.0 Å². The summed E-state index contributed by atoms with van der Waals surface area (Å²) >= 11 is 0. The Morgan fingerprint density at radius 3 is 2.78 bits per heavy atom. The molecule has 0 atom stereocenters. The molecule has 0 aromatic carbocycles. The van der Waals surface area contributed by atoms with Gasteiger partial charge in [-0.25, -0.2) is 9.97 Å². The lowest BCUT2D eigenvalue weighted by molar-refractivity contribution is -0.00570. The minimum atomic E-state index is 0.0998. The molecule has 1 saturated heterocycles. The Kier molecular flexibility index (Phi) is 4.14. The molecule has 2 rings (SSSR count). The van der Waals surface area contributed by atoms with Gasteiger partial charge in [0.15, 0.2) is 0 Å². The molecule has 1 fully saturated rings. The molecule has 2 heterocycles. The van der Waals surface area contributed by atoms with Crippen LogP contribution in [0.3, 0.4) is 0 Å². The third-order valence-corrected chi connectivity index (χ3v) is 3.35. The second kappa shape index (κ2) is 5.63. The highest BCUT2D eigenvalue weighted by atomic mass is 16.5. The molecule has 1 aliphatic heterocycles. The summed E-state index contributed by atoms with van der Waals surface area (Å²) < 4.78 is 5.39. The lowest BCUT2D eigenvalue weighted by Gasteiger charge is -2.41. The smallest absolute Gasteiger partial charge is 0.129 e. The molecule has 0 unspecified atom stereocenters. The molecular weight excluding hydrogens is 228 g/mol. The van der Waals surface area contributed by atoms with E-state index in [0.717, 1.165) is 44.5 Å². The van der Waals surface area contributed by atoms with Crippen LogP contribution in [-0.2, 0) is 4.74 Å². The van der Waals surface area contributed by atoms with E-state index in [1.54, 1.807) is 6.20 Å². The third-order valence-electron chi connectivity index (χ3n) is 3.35. The normalized spacial score (nSPS) is 17.7. The van der Waals surface area contributed by atoms with E-state index in [-0.39, 0.29) is 5.54 Å². The quantitative estimate of drug-likeness (QED) is 0.873. The molecule has 0 amide bonds. The van der Waals surface area contributed by atoms with Gasteiger partial charge in [-0.3, -0.25) is 4.90 Å². The molecule has 1 aromatic rings. The van der Waals surface area contributed by atoms with Gasteiger partial charge in [-0.1, -0.05) is 0 Å². The van der Waals surface area contributed by atoms with Crippen molar-refractivity contribution < 1.29 is 4.74 Å². The largest absolute Gasteiger partial charge is 0.379 e. The average molecular weight is 250 g/mol. The van der Waals surface area contributed by atoms with Gasteiger partial charge in [0.1, 0.15) is 11.6 Å². The maximum absolute atomic E-state index is 5.39. The highest BCUT2D eigenvalue weighted by molar-refractivity contribution is 5.33. The molecule has 100 valence electrons. The first-order chi connectivity index (χ1) is 8.58. The molecule has 1 aliphatic rings. The highest BCUT2D eigenvalue weighted by Gasteiger charge is 2.27. The number of nitrogens with zero attached hydrogens (tertiary/aromatic N) is 3. The number of aromatic nitrogens is 2. The summed E-state index contributed by atoms with van der Waals surface area (Å²) in [5, 5.41) is 3.39. The first-order valence-corrected chi connectivity index (χ1v) is 6.44. The maximum atomic E-state index is 5.39. The Morgan fingerprint density at radius 2 is 2.11 bits per heavy atom. The summed E-state index contributed by atoms with van der Waals surface area (Å²) in [4.78, 5) is 10.9. The van der Waals surface area contributed by atoms with Crippen LogP contribution in [0.1, 0.15) is 19.7 Å². The van der Waals surface area contributed by atoms with Gasteiger partial charge in [-0.2, -0.15) is 0 Å². The Labute approximate surface area is 109 Å². The number of aryl methyl sites for hydroxylation is 1. The molecule has 0 saturated carbocycles. The van der Waals surface area contributed by atoms with Crippen LogP contribution in [0.5, 0.6) is 0 Å². The van der Waals surface area contributed by atoms with Crippen LogP contribution in [0, 0.1) is 6.92 Å². The zero-order valence-corrected chi connectivity index (χ0v) is 11.4. The molecule has 18 heavy (non-hydrogen) atoms. The van der Waals surface area contributed by atoms with Gasteiger partial charge in [-0.05, 0) is 26.8 Å². The molecule has 0 spiro atoms. The van der Waals surface area contributed by atoms with Crippen LogP contribution in [0.2, 0.25) is 0 Å². The lowest BCUT2D eigenvalue weighted by Crippen LogP contribution is -2.53. The van der Waals surface area contributed by atoms with E-state index < -0.39 is 0 Å². The van der Waals surface area contributed by atoms with Crippen molar-refractivity contribution in [1.82, 2.24) is 14.9 Å². The molecule has 0 bridgehead atoms. The lowest BCUT2D eigenvalue weighted by atomic mass is 10.0. The van der Waals surface area contributed by atoms with Crippen molar-refractivity contribution in [3.8, 4) is 0 Å². The van der Waals surface area contributed by atoms with Crippen LogP contribution in [-0.4, -0.2) is 53.3 Å².